The van der Waals surface area contributed by atoms with Gasteiger partial charge in [-0.1, -0.05) is 36.3 Å². The molecule has 1 aromatic carbocycles. The molecule has 2 heteroatoms. The molecule has 0 aromatic heterocycles. The Labute approximate surface area is 110 Å². The van der Waals surface area contributed by atoms with Gasteiger partial charge >= 0.3 is 0 Å². The van der Waals surface area contributed by atoms with Crippen molar-refractivity contribution in [1.29, 1.82) is 0 Å². The second kappa shape index (κ2) is 6.49. The third-order valence-corrected chi connectivity index (χ3v) is 3.20. The lowest BCUT2D eigenvalue weighted by Crippen LogP contribution is -2.28. The number of fused-ring (bicyclic) bond motifs is 1. The van der Waals surface area contributed by atoms with E-state index in [1.165, 1.54) is 24.0 Å². The van der Waals surface area contributed by atoms with Gasteiger partial charge in [0.15, 0.2) is 0 Å². The fourth-order valence-electron chi connectivity index (χ4n) is 2.50. The Balaban J connectivity index is 0.00000144. The quantitative estimate of drug-likeness (QED) is 0.583. The van der Waals surface area contributed by atoms with Crippen LogP contribution in [0.5, 0.6) is 0 Å². The van der Waals surface area contributed by atoms with Crippen molar-refractivity contribution in [2.24, 2.45) is 0 Å². The molecule has 0 unspecified atom stereocenters. The Morgan fingerprint density at radius 2 is 2.24 bits per heavy atom. The fraction of sp³-hybridized carbons (Fsp3) is 0.333. The summed E-state index contributed by atoms with van der Waals surface area (Å²) in [5, 5.41) is 0. The predicted octanol–water partition coefficient (Wildman–Crippen LogP) is 3.22. The highest BCUT2D eigenvalue weighted by molar-refractivity contribution is 5.85. The van der Waals surface area contributed by atoms with Gasteiger partial charge in [-0.15, -0.1) is 25.4 Å². The Kier molecular flexibility index (Phi) is 5.28. The molecule has 0 bridgehead atoms. The van der Waals surface area contributed by atoms with Crippen LogP contribution in [0.2, 0.25) is 0 Å². The molecule has 90 valence electrons. The number of hydrogen-bond donors (Lipinski definition) is 0. The Hall–Kier alpha value is -1.23. The van der Waals surface area contributed by atoms with Gasteiger partial charge in [-0.25, -0.2) is 0 Å². The Bertz CT molecular complexity index is 419. The average molecular weight is 248 g/mol. The number of benzene rings is 1. The largest absolute Gasteiger partial charge is 0.282 e. The number of nitrogens with zero attached hydrogens (tertiary/aromatic N) is 1. The van der Waals surface area contributed by atoms with Gasteiger partial charge in [0.05, 0.1) is 6.54 Å². The molecule has 2 rings (SSSR count). The van der Waals surface area contributed by atoms with Gasteiger partial charge in [0.25, 0.3) is 0 Å². The third kappa shape index (κ3) is 2.91. The molecule has 0 radical (unpaired) electrons. The smallest absolute Gasteiger partial charge is 0.0607 e. The predicted molar refractivity (Wildman–Crippen MR) is 75.4 cm³/mol. The number of terminal acetylenes is 1. The molecule has 0 saturated heterocycles. The van der Waals surface area contributed by atoms with Crippen molar-refractivity contribution in [2.75, 3.05) is 13.1 Å². The van der Waals surface area contributed by atoms with E-state index in [0.717, 1.165) is 6.54 Å². The number of rotatable bonds is 4. The van der Waals surface area contributed by atoms with Crippen molar-refractivity contribution in [2.45, 2.75) is 18.9 Å². The molecule has 17 heavy (non-hydrogen) atoms. The highest BCUT2D eigenvalue weighted by Crippen LogP contribution is 2.35. The van der Waals surface area contributed by atoms with E-state index in [2.05, 4.69) is 41.7 Å². The maximum absolute atomic E-state index is 5.42. The summed E-state index contributed by atoms with van der Waals surface area (Å²) < 4.78 is 0. The van der Waals surface area contributed by atoms with Crippen molar-refractivity contribution in [3.05, 3.63) is 48.0 Å². The molecule has 1 aliphatic rings. The van der Waals surface area contributed by atoms with Gasteiger partial charge in [-0.2, -0.15) is 0 Å². The fourth-order valence-corrected chi connectivity index (χ4v) is 2.50. The summed E-state index contributed by atoms with van der Waals surface area (Å²) in [7, 11) is 0. The zero-order valence-electron chi connectivity index (χ0n) is 9.93. The van der Waals surface area contributed by atoms with Gasteiger partial charge in [-0.05, 0) is 24.0 Å². The first-order chi connectivity index (χ1) is 7.86. The van der Waals surface area contributed by atoms with E-state index in [1.54, 1.807) is 0 Å². The molecule has 0 N–H and O–H groups in total. The van der Waals surface area contributed by atoms with Crippen LogP contribution in [0.3, 0.4) is 0 Å². The lowest BCUT2D eigenvalue weighted by Gasteiger charge is -2.26. The van der Waals surface area contributed by atoms with Gasteiger partial charge in [-0.3, -0.25) is 4.90 Å². The van der Waals surface area contributed by atoms with Crippen molar-refractivity contribution in [3.63, 3.8) is 0 Å². The molecule has 0 spiro atoms. The second-order valence-corrected chi connectivity index (χ2v) is 4.18. The highest BCUT2D eigenvalue weighted by atomic mass is 35.5. The van der Waals surface area contributed by atoms with E-state index in [0.29, 0.717) is 12.6 Å². The summed E-state index contributed by atoms with van der Waals surface area (Å²) in [6.45, 7) is 5.36. The summed E-state index contributed by atoms with van der Waals surface area (Å²) in [6.07, 6.45) is 9.69. The van der Waals surface area contributed by atoms with Crippen molar-refractivity contribution in [1.82, 2.24) is 4.90 Å². The van der Waals surface area contributed by atoms with Crippen LogP contribution in [-0.4, -0.2) is 18.0 Å². The van der Waals surface area contributed by atoms with Crippen LogP contribution in [0.1, 0.15) is 23.6 Å². The molecule has 0 heterocycles. The van der Waals surface area contributed by atoms with Crippen LogP contribution >= 0.6 is 12.4 Å². The zero-order chi connectivity index (χ0) is 11.4. The maximum atomic E-state index is 5.42. The first-order valence-corrected chi connectivity index (χ1v) is 5.73. The molecule has 0 saturated carbocycles. The van der Waals surface area contributed by atoms with Gasteiger partial charge < -0.3 is 0 Å². The summed E-state index contributed by atoms with van der Waals surface area (Å²) in [4.78, 5) is 2.32. The molecule has 1 nitrogen and oxygen atoms in total. The van der Waals surface area contributed by atoms with Crippen LogP contribution in [0, 0.1) is 12.3 Å². The molecule has 0 fully saturated rings. The monoisotopic (exact) mass is 247 g/mol. The normalized spacial score (nSPS) is 17.1. The van der Waals surface area contributed by atoms with Crippen LogP contribution in [0.4, 0.5) is 0 Å². The molecule has 1 atom stereocenters. The van der Waals surface area contributed by atoms with Gasteiger partial charge in [0.1, 0.15) is 0 Å². The van der Waals surface area contributed by atoms with E-state index in [1.807, 2.05) is 6.08 Å². The lowest BCUT2D eigenvalue weighted by atomic mass is 10.1. The summed E-state index contributed by atoms with van der Waals surface area (Å²) in [6, 6.07) is 9.14. The van der Waals surface area contributed by atoms with E-state index >= 15 is 0 Å². The van der Waals surface area contributed by atoms with Crippen LogP contribution in [-0.2, 0) is 6.42 Å². The molecule has 0 amide bonds. The first kappa shape index (κ1) is 13.8. The van der Waals surface area contributed by atoms with Gasteiger partial charge in [0, 0.05) is 12.6 Å². The maximum Gasteiger partial charge on any atom is 0.0607 e. The molecule has 1 aliphatic carbocycles. The van der Waals surface area contributed by atoms with E-state index in [-0.39, 0.29) is 12.4 Å². The standard InChI is InChI=1S/C15H17N.ClH/c1-3-11-16(12-4-2)15-10-9-13-7-5-6-8-14(13)15;/h1,4-8,15H,2,9-12H2;1H/t15-;/m1./s1. The van der Waals surface area contributed by atoms with Crippen LogP contribution in [0.25, 0.3) is 0 Å². The Morgan fingerprint density at radius 3 is 2.94 bits per heavy atom. The summed E-state index contributed by atoms with van der Waals surface area (Å²) in [5.41, 5.74) is 2.91. The van der Waals surface area contributed by atoms with E-state index in [4.69, 9.17) is 6.42 Å². The summed E-state index contributed by atoms with van der Waals surface area (Å²) in [5.74, 6) is 2.74. The van der Waals surface area contributed by atoms with Crippen molar-refractivity contribution in [3.8, 4) is 12.3 Å². The minimum absolute atomic E-state index is 0. The topological polar surface area (TPSA) is 3.24 Å². The van der Waals surface area contributed by atoms with Crippen LogP contribution in [0.15, 0.2) is 36.9 Å². The summed E-state index contributed by atoms with van der Waals surface area (Å²) >= 11 is 0. The van der Waals surface area contributed by atoms with Crippen molar-refractivity contribution >= 4 is 12.4 Å². The molecular formula is C15H18ClN. The molecule has 0 aliphatic heterocycles. The minimum Gasteiger partial charge on any atom is -0.282 e. The van der Waals surface area contributed by atoms with Crippen LogP contribution < -0.4 is 0 Å². The van der Waals surface area contributed by atoms with Gasteiger partial charge in [0.2, 0.25) is 0 Å². The third-order valence-electron chi connectivity index (χ3n) is 3.20. The Morgan fingerprint density at radius 1 is 1.47 bits per heavy atom. The average Bonchev–Trinajstić information content (AvgIpc) is 2.72. The van der Waals surface area contributed by atoms with E-state index < -0.39 is 0 Å². The minimum atomic E-state index is 0. The number of hydrogen-bond acceptors (Lipinski definition) is 1. The first-order valence-electron chi connectivity index (χ1n) is 5.73. The number of aryl methyl sites for hydroxylation is 1. The second-order valence-electron chi connectivity index (χ2n) is 4.18. The SMILES string of the molecule is C#CCN(CC=C)[C@@H]1CCc2ccccc21.Cl. The molecule has 1 aromatic rings. The lowest BCUT2D eigenvalue weighted by molar-refractivity contribution is 0.246. The highest BCUT2D eigenvalue weighted by Gasteiger charge is 2.26. The van der Waals surface area contributed by atoms with Crippen molar-refractivity contribution < 1.29 is 0 Å². The molecular weight excluding hydrogens is 230 g/mol. The number of halogens is 1. The zero-order valence-corrected chi connectivity index (χ0v) is 10.7. The van der Waals surface area contributed by atoms with E-state index in [9.17, 15) is 0 Å².